The van der Waals surface area contributed by atoms with Crippen LogP contribution in [-0.2, 0) is 4.79 Å². The van der Waals surface area contributed by atoms with E-state index < -0.39 is 0 Å². The predicted octanol–water partition coefficient (Wildman–Crippen LogP) is 3.15. The van der Waals surface area contributed by atoms with Gasteiger partial charge in [-0.1, -0.05) is 37.3 Å². The quantitative estimate of drug-likeness (QED) is 0.761. The average molecular weight is 217 g/mol. The van der Waals surface area contributed by atoms with Crippen LogP contribution in [0.25, 0.3) is 0 Å². The van der Waals surface area contributed by atoms with Crippen molar-refractivity contribution in [1.29, 1.82) is 0 Å². The zero-order chi connectivity index (χ0) is 11.5. The van der Waals surface area contributed by atoms with E-state index >= 15 is 0 Å². The molecule has 0 radical (unpaired) electrons. The van der Waals surface area contributed by atoms with Crippen molar-refractivity contribution in [1.82, 2.24) is 4.90 Å². The molecule has 2 rings (SSSR count). The van der Waals surface area contributed by atoms with Gasteiger partial charge in [0.2, 0.25) is 5.91 Å². The van der Waals surface area contributed by atoms with Crippen LogP contribution < -0.4 is 0 Å². The number of rotatable bonds is 3. The van der Waals surface area contributed by atoms with Crippen molar-refractivity contribution in [2.45, 2.75) is 45.2 Å². The summed E-state index contributed by atoms with van der Waals surface area (Å²) in [6, 6.07) is 10.9. The van der Waals surface area contributed by atoms with Crippen molar-refractivity contribution in [2.24, 2.45) is 0 Å². The normalized spacial score (nSPS) is 22.5. The molecule has 0 N–H and O–H groups in total. The Morgan fingerprint density at radius 1 is 1.38 bits per heavy atom. The van der Waals surface area contributed by atoms with Crippen molar-refractivity contribution >= 4 is 5.91 Å². The fraction of sp³-hybridized carbons (Fsp3) is 0.500. The number of nitrogens with zero attached hydrogens (tertiary/aromatic N) is 1. The van der Waals surface area contributed by atoms with Gasteiger partial charge in [0.05, 0.1) is 6.04 Å². The molecule has 2 nitrogen and oxygen atoms in total. The third-order valence-electron chi connectivity index (χ3n) is 3.54. The number of amides is 1. The van der Waals surface area contributed by atoms with E-state index in [1.54, 1.807) is 0 Å². The Hall–Kier alpha value is -1.31. The monoisotopic (exact) mass is 217 g/mol. The fourth-order valence-electron chi connectivity index (χ4n) is 2.59. The standard InChI is InChI=1S/C14H19NO/c1-3-13-9-10-14(16)15(13)11(2)12-7-5-4-6-8-12/h4-8,11,13H,3,9-10H2,1-2H3. The first-order chi connectivity index (χ1) is 7.74. The maximum Gasteiger partial charge on any atom is 0.223 e. The van der Waals surface area contributed by atoms with Crippen LogP contribution in [0.1, 0.15) is 44.7 Å². The number of likely N-dealkylation sites (tertiary alicyclic amines) is 1. The highest BCUT2D eigenvalue weighted by Crippen LogP contribution is 2.31. The van der Waals surface area contributed by atoms with Gasteiger partial charge in [-0.25, -0.2) is 0 Å². The topological polar surface area (TPSA) is 20.3 Å². The minimum Gasteiger partial charge on any atom is -0.333 e. The summed E-state index contributed by atoms with van der Waals surface area (Å²) in [5.41, 5.74) is 1.23. The lowest BCUT2D eigenvalue weighted by atomic mass is 10.1. The molecule has 0 saturated carbocycles. The highest BCUT2D eigenvalue weighted by Gasteiger charge is 2.33. The van der Waals surface area contributed by atoms with Crippen LogP contribution in [0.4, 0.5) is 0 Å². The second-order valence-corrected chi connectivity index (χ2v) is 4.49. The number of carbonyl (C=O) groups is 1. The Balaban J connectivity index is 2.20. The molecule has 1 aromatic rings. The number of hydrogen-bond acceptors (Lipinski definition) is 1. The van der Waals surface area contributed by atoms with E-state index in [-0.39, 0.29) is 6.04 Å². The summed E-state index contributed by atoms with van der Waals surface area (Å²) in [5.74, 6) is 0.309. The molecule has 2 unspecified atom stereocenters. The second kappa shape index (κ2) is 4.69. The molecule has 1 aromatic carbocycles. The van der Waals surface area contributed by atoms with Crippen LogP contribution in [0.3, 0.4) is 0 Å². The predicted molar refractivity (Wildman–Crippen MR) is 65.0 cm³/mol. The largest absolute Gasteiger partial charge is 0.333 e. The molecule has 1 saturated heterocycles. The van der Waals surface area contributed by atoms with Gasteiger partial charge < -0.3 is 4.90 Å². The maximum absolute atomic E-state index is 11.9. The summed E-state index contributed by atoms with van der Waals surface area (Å²) in [6.45, 7) is 4.29. The van der Waals surface area contributed by atoms with Crippen molar-refractivity contribution < 1.29 is 4.79 Å². The summed E-state index contributed by atoms with van der Waals surface area (Å²) in [5, 5.41) is 0. The van der Waals surface area contributed by atoms with Gasteiger partial charge in [-0.2, -0.15) is 0 Å². The highest BCUT2D eigenvalue weighted by molar-refractivity contribution is 5.79. The summed E-state index contributed by atoms with van der Waals surface area (Å²) in [4.78, 5) is 13.9. The fourth-order valence-corrected chi connectivity index (χ4v) is 2.59. The Morgan fingerprint density at radius 3 is 2.69 bits per heavy atom. The van der Waals surface area contributed by atoms with Crippen LogP contribution >= 0.6 is 0 Å². The Kier molecular flexibility index (Phi) is 3.28. The Bertz CT molecular complexity index is 360. The molecule has 2 atom stereocenters. The van der Waals surface area contributed by atoms with E-state index in [4.69, 9.17) is 0 Å². The summed E-state index contributed by atoms with van der Waals surface area (Å²) < 4.78 is 0. The Labute approximate surface area is 97.3 Å². The lowest BCUT2D eigenvalue weighted by Crippen LogP contribution is -2.34. The van der Waals surface area contributed by atoms with Gasteiger partial charge >= 0.3 is 0 Å². The van der Waals surface area contributed by atoms with Crippen LogP contribution in [-0.4, -0.2) is 16.8 Å². The molecule has 1 heterocycles. The molecular weight excluding hydrogens is 198 g/mol. The van der Waals surface area contributed by atoms with Crippen molar-refractivity contribution in [3.8, 4) is 0 Å². The summed E-state index contributed by atoms with van der Waals surface area (Å²) in [7, 11) is 0. The zero-order valence-electron chi connectivity index (χ0n) is 10.0. The van der Waals surface area contributed by atoms with Gasteiger partial charge in [0.25, 0.3) is 0 Å². The molecule has 1 aliphatic heterocycles. The van der Waals surface area contributed by atoms with Crippen LogP contribution in [0.5, 0.6) is 0 Å². The van der Waals surface area contributed by atoms with E-state index in [1.165, 1.54) is 5.56 Å². The highest BCUT2D eigenvalue weighted by atomic mass is 16.2. The molecule has 16 heavy (non-hydrogen) atoms. The van der Waals surface area contributed by atoms with Gasteiger partial charge in [0, 0.05) is 12.5 Å². The Morgan fingerprint density at radius 2 is 2.06 bits per heavy atom. The van der Waals surface area contributed by atoms with Crippen molar-refractivity contribution in [3.05, 3.63) is 35.9 Å². The zero-order valence-corrected chi connectivity index (χ0v) is 10.0. The molecule has 0 aromatic heterocycles. The molecule has 1 amide bonds. The van der Waals surface area contributed by atoms with E-state index in [0.717, 1.165) is 19.3 Å². The van der Waals surface area contributed by atoms with Gasteiger partial charge in [-0.15, -0.1) is 0 Å². The second-order valence-electron chi connectivity index (χ2n) is 4.49. The lowest BCUT2D eigenvalue weighted by molar-refractivity contribution is -0.131. The molecule has 1 aliphatic rings. The van der Waals surface area contributed by atoms with Crippen LogP contribution in [0.15, 0.2) is 30.3 Å². The third kappa shape index (κ3) is 1.97. The minimum absolute atomic E-state index is 0.209. The first-order valence-electron chi connectivity index (χ1n) is 6.10. The molecule has 0 aliphatic carbocycles. The molecule has 86 valence electrons. The molecule has 0 bridgehead atoms. The molecule has 1 fully saturated rings. The third-order valence-corrected chi connectivity index (χ3v) is 3.54. The maximum atomic E-state index is 11.9. The van der Waals surface area contributed by atoms with E-state index in [0.29, 0.717) is 11.9 Å². The molecular formula is C14H19NO. The smallest absolute Gasteiger partial charge is 0.223 e. The number of hydrogen-bond donors (Lipinski definition) is 0. The van der Waals surface area contributed by atoms with Gasteiger partial charge in [-0.05, 0) is 25.3 Å². The SMILES string of the molecule is CCC1CCC(=O)N1C(C)c1ccccc1. The minimum atomic E-state index is 0.209. The first-order valence-corrected chi connectivity index (χ1v) is 6.10. The molecule has 2 heteroatoms. The van der Waals surface area contributed by atoms with E-state index in [9.17, 15) is 4.79 Å². The van der Waals surface area contributed by atoms with Crippen molar-refractivity contribution in [2.75, 3.05) is 0 Å². The van der Waals surface area contributed by atoms with Gasteiger partial charge in [-0.3, -0.25) is 4.79 Å². The number of carbonyl (C=O) groups excluding carboxylic acids is 1. The van der Waals surface area contributed by atoms with Gasteiger partial charge in [0.1, 0.15) is 0 Å². The van der Waals surface area contributed by atoms with E-state index in [2.05, 4.69) is 30.9 Å². The van der Waals surface area contributed by atoms with E-state index in [1.807, 2.05) is 18.2 Å². The average Bonchev–Trinajstić information content (AvgIpc) is 2.70. The summed E-state index contributed by atoms with van der Waals surface area (Å²) in [6.07, 6.45) is 2.80. The molecule has 0 spiro atoms. The van der Waals surface area contributed by atoms with Crippen LogP contribution in [0.2, 0.25) is 0 Å². The number of benzene rings is 1. The summed E-state index contributed by atoms with van der Waals surface area (Å²) >= 11 is 0. The first kappa shape index (κ1) is 11.2. The van der Waals surface area contributed by atoms with Gasteiger partial charge in [0.15, 0.2) is 0 Å². The lowest BCUT2D eigenvalue weighted by Gasteiger charge is -2.30. The van der Waals surface area contributed by atoms with Crippen molar-refractivity contribution in [3.63, 3.8) is 0 Å². The van der Waals surface area contributed by atoms with Crippen LogP contribution in [0, 0.1) is 0 Å².